The monoisotopic (exact) mass is 382 g/mol. The minimum atomic E-state index is -3.82. The lowest BCUT2D eigenvalue weighted by Crippen LogP contribution is -2.52. The fraction of sp³-hybridized carbons (Fsp3) is 0.600. The van der Waals surface area contributed by atoms with Crippen LogP contribution >= 0.6 is 12.4 Å². The third kappa shape index (κ3) is 4.37. The third-order valence-electron chi connectivity index (χ3n) is 4.16. The van der Waals surface area contributed by atoms with E-state index in [-0.39, 0.29) is 35.2 Å². The third-order valence-corrected chi connectivity index (χ3v) is 5.71. The van der Waals surface area contributed by atoms with E-state index in [2.05, 4.69) is 10.0 Å². The maximum atomic E-state index is 14.1. The highest BCUT2D eigenvalue weighted by Gasteiger charge is 2.35. The van der Waals surface area contributed by atoms with E-state index in [0.29, 0.717) is 6.61 Å². The molecule has 2 N–H and O–H groups in total. The van der Waals surface area contributed by atoms with E-state index in [1.807, 2.05) is 0 Å². The van der Waals surface area contributed by atoms with Crippen molar-refractivity contribution in [3.8, 4) is 5.75 Å². The van der Waals surface area contributed by atoms with Gasteiger partial charge in [-0.25, -0.2) is 17.5 Å². The average molecular weight is 383 g/mol. The number of hydrogen-bond donors (Lipinski definition) is 2. The van der Waals surface area contributed by atoms with Crippen molar-refractivity contribution in [2.24, 2.45) is 0 Å². The lowest BCUT2D eigenvalue weighted by molar-refractivity contribution is 0.122. The molecule has 138 valence electrons. The molecule has 0 amide bonds. The Morgan fingerprint density at radius 1 is 1.38 bits per heavy atom. The lowest BCUT2D eigenvalue weighted by Gasteiger charge is -2.29. The maximum Gasteiger partial charge on any atom is 0.241 e. The van der Waals surface area contributed by atoms with Crippen molar-refractivity contribution in [1.82, 2.24) is 10.0 Å². The summed E-state index contributed by atoms with van der Waals surface area (Å²) in [5, 5.41) is 3.29. The molecule has 0 radical (unpaired) electrons. The number of sulfonamides is 1. The van der Waals surface area contributed by atoms with Crippen LogP contribution in [0.2, 0.25) is 0 Å². The van der Waals surface area contributed by atoms with Crippen molar-refractivity contribution in [2.75, 3.05) is 33.9 Å². The Labute approximate surface area is 148 Å². The molecule has 1 heterocycles. The summed E-state index contributed by atoms with van der Waals surface area (Å²) in [7, 11) is -0.903. The molecule has 0 aromatic heterocycles. The molecule has 1 unspecified atom stereocenters. The van der Waals surface area contributed by atoms with Crippen LogP contribution in [0.15, 0.2) is 17.0 Å². The SMILES string of the molecule is COCC1(CNS(=O)(=O)c2ccc(OC)c(F)c2C)CCCN1.Cl. The average Bonchev–Trinajstić information content (AvgIpc) is 2.97. The van der Waals surface area contributed by atoms with E-state index >= 15 is 0 Å². The van der Waals surface area contributed by atoms with Crippen LogP contribution in [0.1, 0.15) is 18.4 Å². The maximum absolute atomic E-state index is 14.1. The minimum absolute atomic E-state index is 0. The van der Waals surface area contributed by atoms with Crippen molar-refractivity contribution < 1.29 is 22.3 Å². The van der Waals surface area contributed by atoms with Crippen LogP contribution < -0.4 is 14.8 Å². The summed E-state index contributed by atoms with van der Waals surface area (Å²) in [6.45, 7) is 2.84. The highest BCUT2D eigenvalue weighted by Crippen LogP contribution is 2.26. The molecule has 2 rings (SSSR count). The Balaban J connectivity index is 0.00000288. The topological polar surface area (TPSA) is 76.7 Å². The minimum Gasteiger partial charge on any atom is -0.494 e. The van der Waals surface area contributed by atoms with Gasteiger partial charge in [0, 0.05) is 19.2 Å². The zero-order chi connectivity index (χ0) is 17.1. The summed E-state index contributed by atoms with van der Waals surface area (Å²) in [6, 6.07) is 2.67. The largest absolute Gasteiger partial charge is 0.494 e. The summed E-state index contributed by atoms with van der Waals surface area (Å²) in [5.41, 5.74) is -0.377. The first-order valence-corrected chi connectivity index (χ1v) is 8.90. The Morgan fingerprint density at radius 3 is 2.62 bits per heavy atom. The van der Waals surface area contributed by atoms with Crippen molar-refractivity contribution in [1.29, 1.82) is 0 Å². The Kier molecular flexibility index (Phi) is 7.43. The molecule has 0 saturated carbocycles. The van der Waals surface area contributed by atoms with E-state index in [1.165, 1.54) is 26.2 Å². The smallest absolute Gasteiger partial charge is 0.241 e. The molecule has 0 bridgehead atoms. The second-order valence-corrected chi connectivity index (χ2v) is 7.51. The first-order chi connectivity index (χ1) is 10.9. The van der Waals surface area contributed by atoms with Crippen LogP contribution in [0.4, 0.5) is 4.39 Å². The molecular weight excluding hydrogens is 359 g/mol. The Hall–Kier alpha value is -0.930. The van der Waals surface area contributed by atoms with Gasteiger partial charge in [-0.3, -0.25) is 0 Å². The number of hydrogen-bond acceptors (Lipinski definition) is 5. The summed E-state index contributed by atoms with van der Waals surface area (Å²) in [5.74, 6) is -0.643. The predicted octanol–water partition coefficient (Wildman–Crippen LogP) is 1.61. The molecule has 1 aromatic rings. The van der Waals surface area contributed by atoms with Gasteiger partial charge in [0.2, 0.25) is 10.0 Å². The fourth-order valence-corrected chi connectivity index (χ4v) is 4.23. The number of halogens is 2. The van der Waals surface area contributed by atoms with Crippen LogP contribution in [0, 0.1) is 12.7 Å². The molecule has 1 aliphatic heterocycles. The Morgan fingerprint density at radius 2 is 2.08 bits per heavy atom. The van der Waals surface area contributed by atoms with Gasteiger partial charge in [0.15, 0.2) is 11.6 Å². The van der Waals surface area contributed by atoms with Gasteiger partial charge in [0.25, 0.3) is 0 Å². The van der Waals surface area contributed by atoms with Crippen molar-refractivity contribution in [2.45, 2.75) is 30.2 Å². The molecule has 1 aliphatic rings. The fourth-order valence-electron chi connectivity index (χ4n) is 2.87. The molecule has 24 heavy (non-hydrogen) atoms. The number of methoxy groups -OCH3 is 2. The molecule has 1 fully saturated rings. The van der Waals surface area contributed by atoms with Gasteiger partial charge in [0.1, 0.15) is 0 Å². The van der Waals surface area contributed by atoms with E-state index in [0.717, 1.165) is 19.4 Å². The number of ether oxygens (including phenoxy) is 2. The standard InChI is InChI=1S/C15H23FN2O4S.ClH/c1-11-13(6-5-12(22-3)14(11)16)23(19,20)18-9-15(10-21-2)7-4-8-17-15;/h5-6,17-18H,4,7-10H2,1-3H3;1H. The highest BCUT2D eigenvalue weighted by molar-refractivity contribution is 7.89. The van der Waals surface area contributed by atoms with Gasteiger partial charge in [-0.1, -0.05) is 0 Å². The first-order valence-electron chi connectivity index (χ1n) is 7.42. The number of rotatable bonds is 7. The van der Waals surface area contributed by atoms with Crippen LogP contribution in [0.5, 0.6) is 5.75 Å². The normalized spacial score (nSPS) is 20.7. The summed E-state index contributed by atoms with van der Waals surface area (Å²) < 4.78 is 51.8. The van der Waals surface area contributed by atoms with Gasteiger partial charge in [0.05, 0.1) is 24.2 Å². The number of nitrogens with one attached hydrogen (secondary N) is 2. The second-order valence-electron chi connectivity index (χ2n) is 5.77. The Bertz CT molecular complexity index is 664. The van der Waals surface area contributed by atoms with Crippen LogP contribution in [0.25, 0.3) is 0 Å². The van der Waals surface area contributed by atoms with Crippen molar-refractivity contribution in [3.63, 3.8) is 0 Å². The van der Waals surface area contributed by atoms with Gasteiger partial charge in [-0.15, -0.1) is 12.4 Å². The van der Waals surface area contributed by atoms with E-state index < -0.39 is 21.4 Å². The highest BCUT2D eigenvalue weighted by atomic mass is 35.5. The molecular formula is C15H24ClFN2O4S. The van der Waals surface area contributed by atoms with Gasteiger partial charge < -0.3 is 14.8 Å². The van der Waals surface area contributed by atoms with Crippen LogP contribution in [-0.4, -0.2) is 47.9 Å². The molecule has 1 saturated heterocycles. The second kappa shape index (κ2) is 8.44. The first kappa shape index (κ1) is 21.1. The summed E-state index contributed by atoms with van der Waals surface area (Å²) in [6.07, 6.45) is 1.78. The summed E-state index contributed by atoms with van der Waals surface area (Å²) in [4.78, 5) is -0.0821. The summed E-state index contributed by atoms with van der Waals surface area (Å²) >= 11 is 0. The molecule has 1 aromatic carbocycles. The zero-order valence-corrected chi connectivity index (χ0v) is 15.7. The molecule has 0 aliphatic carbocycles. The van der Waals surface area contributed by atoms with E-state index in [1.54, 1.807) is 7.11 Å². The van der Waals surface area contributed by atoms with E-state index in [4.69, 9.17) is 9.47 Å². The van der Waals surface area contributed by atoms with Crippen molar-refractivity contribution >= 4 is 22.4 Å². The molecule has 6 nitrogen and oxygen atoms in total. The van der Waals surface area contributed by atoms with Gasteiger partial charge >= 0.3 is 0 Å². The van der Waals surface area contributed by atoms with Gasteiger partial charge in [-0.05, 0) is 38.4 Å². The lowest BCUT2D eigenvalue weighted by atomic mass is 9.99. The van der Waals surface area contributed by atoms with Crippen molar-refractivity contribution in [3.05, 3.63) is 23.5 Å². The van der Waals surface area contributed by atoms with Crippen LogP contribution in [0.3, 0.4) is 0 Å². The van der Waals surface area contributed by atoms with Crippen LogP contribution in [-0.2, 0) is 14.8 Å². The molecule has 9 heteroatoms. The molecule has 0 spiro atoms. The predicted molar refractivity (Wildman–Crippen MR) is 92.0 cm³/mol. The zero-order valence-electron chi connectivity index (χ0n) is 14.0. The molecule has 1 atom stereocenters. The quantitative estimate of drug-likeness (QED) is 0.749. The number of benzene rings is 1. The van der Waals surface area contributed by atoms with E-state index in [9.17, 15) is 12.8 Å². The van der Waals surface area contributed by atoms with Gasteiger partial charge in [-0.2, -0.15) is 0 Å².